The van der Waals surface area contributed by atoms with Crippen LogP contribution in [0.5, 0.6) is 0 Å². The van der Waals surface area contributed by atoms with Crippen LogP contribution in [0.15, 0.2) is 12.2 Å². The Morgan fingerprint density at radius 2 is 0.833 bits per heavy atom. The summed E-state index contributed by atoms with van der Waals surface area (Å²) in [4.78, 5) is 0. The monoisotopic (exact) mass is 418 g/mol. The van der Waals surface area contributed by atoms with Gasteiger partial charge in [-0.05, 0) is 37.5 Å². The Kier molecular flexibility index (Phi) is 23.2. The summed E-state index contributed by atoms with van der Waals surface area (Å²) in [7, 11) is 0. The van der Waals surface area contributed by atoms with Crippen molar-refractivity contribution >= 4 is 0 Å². The Hall–Kier alpha value is -0.260. The van der Waals surface area contributed by atoms with Crippen molar-refractivity contribution in [1.29, 1.82) is 0 Å². The third-order valence-corrected chi connectivity index (χ3v) is 6.97. The SMILES string of the molecule is [CH2]C=CCCCC(C)CCCCCCCCC(C)CCCCCCCC(C)CC[CH2]. The molecule has 0 aliphatic rings. The van der Waals surface area contributed by atoms with Gasteiger partial charge in [-0.1, -0.05) is 155 Å². The highest BCUT2D eigenvalue weighted by Gasteiger charge is 2.04. The molecule has 0 aromatic rings. The van der Waals surface area contributed by atoms with Gasteiger partial charge in [0.15, 0.2) is 0 Å². The first-order valence-corrected chi connectivity index (χ1v) is 13.8. The maximum atomic E-state index is 3.97. The van der Waals surface area contributed by atoms with Crippen LogP contribution in [0.1, 0.15) is 149 Å². The molecule has 0 bridgehead atoms. The highest BCUT2D eigenvalue weighted by molar-refractivity contribution is 4.83. The molecule has 3 atom stereocenters. The fraction of sp³-hybridized carbons (Fsp3) is 0.867. The van der Waals surface area contributed by atoms with Gasteiger partial charge >= 0.3 is 0 Å². The predicted octanol–water partition coefficient (Wildman–Crippen LogP) is 10.9. The van der Waals surface area contributed by atoms with E-state index >= 15 is 0 Å². The van der Waals surface area contributed by atoms with Gasteiger partial charge in [-0.2, -0.15) is 0 Å². The first-order chi connectivity index (χ1) is 14.6. The molecule has 30 heavy (non-hydrogen) atoms. The summed E-state index contributed by atoms with van der Waals surface area (Å²) in [5.41, 5.74) is 0. The summed E-state index contributed by atoms with van der Waals surface area (Å²) in [6, 6.07) is 0. The van der Waals surface area contributed by atoms with E-state index in [9.17, 15) is 0 Å². The van der Waals surface area contributed by atoms with Crippen LogP contribution in [0, 0.1) is 31.6 Å². The summed E-state index contributed by atoms with van der Waals surface area (Å²) >= 11 is 0. The Morgan fingerprint density at radius 3 is 1.20 bits per heavy atom. The minimum Gasteiger partial charge on any atom is -0.0885 e. The zero-order valence-electron chi connectivity index (χ0n) is 21.4. The van der Waals surface area contributed by atoms with E-state index in [-0.39, 0.29) is 0 Å². The van der Waals surface area contributed by atoms with Gasteiger partial charge in [0, 0.05) is 0 Å². The molecule has 2 radical (unpaired) electrons. The molecule has 0 heteroatoms. The van der Waals surface area contributed by atoms with Crippen molar-refractivity contribution in [2.24, 2.45) is 17.8 Å². The molecule has 0 rings (SSSR count). The highest BCUT2D eigenvalue weighted by atomic mass is 14.1. The van der Waals surface area contributed by atoms with Crippen LogP contribution >= 0.6 is 0 Å². The molecule has 0 spiro atoms. The van der Waals surface area contributed by atoms with Crippen molar-refractivity contribution in [3.8, 4) is 0 Å². The first kappa shape index (κ1) is 29.7. The maximum Gasteiger partial charge on any atom is -0.0316 e. The number of unbranched alkanes of at least 4 members (excludes halogenated alkanes) is 10. The van der Waals surface area contributed by atoms with Crippen molar-refractivity contribution in [2.75, 3.05) is 0 Å². The summed E-state index contributed by atoms with van der Waals surface area (Å²) in [5.74, 6) is 2.75. The van der Waals surface area contributed by atoms with Gasteiger partial charge in [-0.3, -0.25) is 0 Å². The quantitative estimate of drug-likeness (QED) is 0.145. The van der Waals surface area contributed by atoms with Gasteiger partial charge in [0.1, 0.15) is 0 Å². The Bertz CT molecular complexity index is 342. The second kappa shape index (κ2) is 23.4. The van der Waals surface area contributed by atoms with Crippen molar-refractivity contribution in [1.82, 2.24) is 0 Å². The third kappa shape index (κ3) is 22.4. The molecule has 178 valence electrons. The second-order valence-corrected chi connectivity index (χ2v) is 10.4. The number of allylic oxidation sites excluding steroid dienone is 2. The van der Waals surface area contributed by atoms with Gasteiger partial charge < -0.3 is 0 Å². The molecule has 0 aromatic carbocycles. The summed E-state index contributed by atoms with van der Waals surface area (Å²) < 4.78 is 0. The van der Waals surface area contributed by atoms with Crippen molar-refractivity contribution in [3.05, 3.63) is 26.0 Å². The normalized spacial score (nSPS) is 15.0. The van der Waals surface area contributed by atoms with Crippen LogP contribution in [0.25, 0.3) is 0 Å². The van der Waals surface area contributed by atoms with E-state index in [0.717, 1.165) is 24.2 Å². The first-order valence-electron chi connectivity index (χ1n) is 13.8. The molecule has 0 amide bonds. The van der Waals surface area contributed by atoms with Crippen molar-refractivity contribution < 1.29 is 0 Å². The van der Waals surface area contributed by atoms with E-state index in [4.69, 9.17) is 0 Å². The minimum absolute atomic E-state index is 0.891. The predicted molar refractivity (Wildman–Crippen MR) is 140 cm³/mol. The van der Waals surface area contributed by atoms with E-state index in [1.807, 2.05) is 6.08 Å². The number of rotatable bonds is 23. The molecule has 0 saturated heterocycles. The molecular weight excluding hydrogens is 360 g/mol. The van der Waals surface area contributed by atoms with E-state index < -0.39 is 0 Å². The van der Waals surface area contributed by atoms with E-state index in [0.29, 0.717) is 0 Å². The van der Waals surface area contributed by atoms with E-state index in [2.05, 4.69) is 40.7 Å². The van der Waals surface area contributed by atoms with Crippen LogP contribution < -0.4 is 0 Å². The van der Waals surface area contributed by atoms with Crippen LogP contribution in [0.3, 0.4) is 0 Å². The molecule has 3 unspecified atom stereocenters. The average molecular weight is 419 g/mol. The molecule has 0 heterocycles. The summed E-state index contributed by atoms with van der Waals surface area (Å²) in [6.07, 6.45) is 32.2. The fourth-order valence-corrected chi connectivity index (χ4v) is 4.69. The summed E-state index contributed by atoms with van der Waals surface area (Å²) in [6.45, 7) is 15.0. The van der Waals surface area contributed by atoms with Crippen LogP contribution in [0.2, 0.25) is 0 Å². The van der Waals surface area contributed by atoms with Crippen LogP contribution in [-0.4, -0.2) is 0 Å². The standard InChI is InChI=1S/C30H58/c1-6-8-9-17-24-29(4)25-19-13-10-11-14-20-26-30(5)27-21-16-12-15-18-23-28(3)22-7-2/h6,8,28-30H,1-2,7,9-27H2,3-5H3. The molecule has 0 aromatic heterocycles. The van der Waals surface area contributed by atoms with Crippen molar-refractivity contribution in [2.45, 2.75) is 149 Å². The number of hydrogen-bond acceptors (Lipinski definition) is 0. The molecule has 0 aliphatic carbocycles. The molecular formula is C30H58. The minimum atomic E-state index is 0.891. The second-order valence-electron chi connectivity index (χ2n) is 10.4. The van der Waals surface area contributed by atoms with Gasteiger partial charge in [-0.25, -0.2) is 0 Å². The molecule has 0 aliphatic heterocycles. The van der Waals surface area contributed by atoms with Gasteiger partial charge in [0.25, 0.3) is 0 Å². The van der Waals surface area contributed by atoms with E-state index in [1.165, 1.54) is 122 Å². The average Bonchev–Trinajstić information content (AvgIpc) is 2.72. The largest absolute Gasteiger partial charge is 0.0885 e. The number of hydrogen-bond donors (Lipinski definition) is 0. The molecule has 0 N–H and O–H groups in total. The zero-order chi connectivity index (χ0) is 22.3. The van der Waals surface area contributed by atoms with Crippen molar-refractivity contribution in [3.63, 3.8) is 0 Å². The lowest BCUT2D eigenvalue weighted by molar-refractivity contribution is 0.419. The van der Waals surface area contributed by atoms with Gasteiger partial charge in [0.05, 0.1) is 0 Å². The molecule has 0 nitrogen and oxygen atoms in total. The Balaban J connectivity index is 3.29. The lowest BCUT2D eigenvalue weighted by atomic mass is 9.94. The topological polar surface area (TPSA) is 0 Å². The van der Waals surface area contributed by atoms with Gasteiger partial charge in [-0.15, -0.1) is 0 Å². The highest BCUT2D eigenvalue weighted by Crippen LogP contribution is 2.21. The van der Waals surface area contributed by atoms with Gasteiger partial charge in [0.2, 0.25) is 0 Å². The van der Waals surface area contributed by atoms with E-state index in [1.54, 1.807) is 0 Å². The van der Waals surface area contributed by atoms with Crippen LogP contribution in [0.4, 0.5) is 0 Å². The molecule has 0 saturated carbocycles. The zero-order valence-corrected chi connectivity index (χ0v) is 21.4. The smallest absolute Gasteiger partial charge is 0.0316 e. The third-order valence-electron chi connectivity index (χ3n) is 6.97. The lowest BCUT2D eigenvalue weighted by Gasteiger charge is -2.12. The lowest BCUT2D eigenvalue weighted by Crippen LogP contribution is -1.96. The molecule has 0 fully saturated rings. The fourth-order valence-electron chi connectivity index (χ4n) is 4.69. The maximum absolute atomic E-state index is 3.97. The van der Waals surface area contributed by atoms with Crippen LogP contribution in [-0.2, 0) is 0 Å². The summed E-state index contributed by atoms with van der Waals surface area (Å²) in [5, 5.41) is 0. The Morgan fingerprint density at radius 1 is 0.500 bits per heavy atom. The Labute approximate surface area is 193 Å².